The molecular weight excluding hydrogens is 344 g/mol. The second kappa shape index (κ2) is 5.60. The van der Waals surface area contributed by atoms with Crippen LogP contribution >= 0.6 is 0 Å². The molecule has 0 unspecified atom stereocenters. The molecule has 0 amide bonds. The molecule has 0 aliphatic heterocycles. The van der Waals surface area contributed by atoms with Crippen LogP contribution in [0.1, 0.15) is 29.1 Å². The fourth-order valence-corrected chi connectivity index (χ4v) is 3.89. The van der Waals surface area contributed by atoms with Gasteiger partial charge in [0.1, 0.15) is 0 Å². The Hall–Kier alpha value is -3.29. The van der Waals surface area contributed by atoms with Crippen molar-refractivity contribution in [2.75, 3.05) is 0 Å². The van der Waals surface area contributed by atoms with Crippen LogP contribution in [-0.2, 0) is 26.4 Å². The molecule has 0 saturated heterocycles. The third-order valence-corrected chi connectivity index (χ3v) is 5.31. The third kappa shape index (κ3) is 2.26. The summed E-state index contributed by atoms with van der Waals surface area (Å²) < 4.78 is 4.91. The highest BCUT2D eigenvalue weighted by Gasteiger charge is 2.19. The molecule has 0 bridgehead atoms. The van der Waals surface area contributed by atoms with Crippen molar-refractivity contribution in [2.45, 2.75) is 32.7 Å². The average molecular weight is 362 g/mol. The van der Waals surface area contributed by atoms with Gasteiger partial charge in [-0.05, 0) is 38.3 Å². The molecule has 1 aliphatic carbocycles. The molecule has 0 fully saturated rings. The molecule has 0 saturated carbocycles. The lowest BCUT2D eigenvalue weighted by Crippen LogP contribution is -2.26. The molecule has 3 aromatic heterocycles. The molecule has 0 N–H and O–H groups in total. The Morgan fingerprint density at radius 2 is 1.96 bits per heavy atom. The minimum atomic E-state index is -0.114. The molecule has 1 aliphatic rings. The smallest absolute Gasteiger partial charge is 0.262 e. The van der Waals surface area contributed by atoms with E-state index < -0.39 is 0 Å². The van der Waals surface area contributed by atoms with Crippen LogP contribution in [0.25, 0.3) is 16.7 Å². The molecule has 8 heteroatoms. The predicted molar refractivity (Wildman–Crippen MR) is 100 cm³/mol. The Morgan fingerprint density at radius 1 is 1.11 bits per heavy atom. The summed E-state index contributed by atoms with van der Waals surface area (Å²) in [6, 6.07) is 5.72. The third-order valence-electron chi connectivity index (χ3n) is 5.31. The van der Waals surface area contributed by atoms with Crippen LogP contribution in [0.15, 0.2) is 34.1 Å². The molecule has 5 rings (SSSR count). The summed E-state index contributed by atoms with van der Waals surface area (Å²) in [6.07, 6.45) is 4.20. The van der Waals surface area contributed by atoms with Gasteiger partial charge in [-0.2, -0.15) is 0 Å². The summed E-state index contributed by atoms with van der Waals surface area (Å²) in [5, 5.41) is 9.06. The number of fused-ring (bicyclic) bond motifs is 4. The minimum absolute atomic E-state index is 0.0146. The van der Waals surface area contributed by atoms with Crippen molar-refractivity contribution in [1.82, 2.24) is 28.7 Å². The van der Waals surface area contributed by atoms with Crippen molar-refractivity contribution in [1.29, 1.82) is 0 Å². The largest absolute Gasteiger partial charge is 0.291 e. The molecule has 0 radical (unpaired) electrons. The standard InChI is InChI=1S/C19H18N6O2/c1-11-6-7-15-13(8-11)17(26)23(2)19-22-21-16(25(15)19)9-24-10-20-14-5-3-4-12(14)18(24)27/h6-8,10H,3-5,9H2,1-2H3. The zero-order valence-corrected chi connectivity index (χ0v) is 15.1. The lowest BCUT2D eigenvalue weighted by Gasteiger charge is -2.10. The predicted octanol–water partition coefficient (Wildman–Crippen LogP) is 0.983. The van der Waals surface area contributed by atoms with Gasteiger partial charge in [-0.15, -0.1) is 10.2 Å². The molecule has 136 valence electrons. The first-order valence-electron chi connectivity index (χ1n) is 8.95. The van der Waals surface area contributed by atoms with E-state index >= 15 is 0 Å². The highest BCUT2D eigenvalue weighted by molar-refractivity contribution is 5.81. The highest BCUT2D eigenvalue weighted by Crippen LogP contribution is 2.17. The van der Waals surface area contributed by atoms with E-state index in [0.717, 1.165) is 41.6 Å². The number of nitrogens with zero attached hydrogens (tertiary/aromatic N) is 6. The normalized spacial score (nSPS) is 13.6. The Balaban J connectivity index is 1.75. The molecule has 4 aromatic rings. The van der Waals surface area contributed by atoms with Crippen LogP contribution in [0.4, 0.5) is 0 Å². The van der Waals surface area contributed by atoms with Crippen molar-refractivity contribution in [2.24, 2.45) is 7.05 Å². The topological polar surface area (TPSA) is 87.1 Å². The van der Waals surface area contributed by atoms with Crippen LogP contribution < -0.4 is 11.1 Å². The molecule has 8 nitrogen and oxygen atoms in total. The fraction of sp³-hybridized carbons (Fsp3) is 0.316. The van der Waals surface area contributed by atoms with E-state index in [9.17, 15) is 9.59 Å². The molecular formula is C19H18N6O2. The van der Waals surface area contributed by atoms with Gasteiger partial charge in [-0.1, -0.05) is 11.6 Å². The van der Waals surface area contributed by atoms with Gasteiger partial charge < -0.3 is 0 Å². The van der Waals surface area contributed by atoms with Crippen molar-refractivity contribution < 1.29 is 0 Å². The molecule has 3 heterocycles. The van der Waals surface area contributed by atoms with E-state index in [1.165, 1.54) is 4.57 Å². The van der Waals surface area contributed by atoms with Gasteiger partial charge in [-0.25, -0.2) is 4.98 Å². The first-order valence-corrected chi connectivity index (χ1v) is 8.95. The van der Waals surface area contributed by atoms with Crippen molar-refractivity contribution >= 4 is 16.7 Å². The van der Waals surface area contributed by atoms with Crippen molar-refractivity contribution in [3.8, 4) is 0 Å². The van der Waals surface area contributed by atoms with Crippen molar-refractivity contribution in [3.05, 3.63) is 67.9 Å². The number of aryl methyl sites for hydroxylation is 3. The maximum atomic E-state index is 12.8. The quantitative estimate of drug-likeness (QED) is 0.531. The van der Waals surface area contributed by atoms with Crippen LogP contribution in [0.2, 0.25) is 0 Å². The van der Waals surface area contributed by atoms with Crippen LogP contribution in [0, 0.1) is 6.92 Å². The maximum Gasteiger partial charge on any atom is 0.262 e. The van der Waals surface area contributed by atoms with Crippen LogP contribution in [0.3, 0.4) is 0 Å². The SMILES string of the molecule is Cc1ccc2c(c1)c(=O)n(C)c1nnc(Cn3cnc4c(c3=O)CCC4)n21. The lowest BCUT2D eigenvalue weighted by atomic mass is 10.1. The van der Waals surface area contributed by atoms with Gasteiger partial charge in [0, 0.05) is 12.6 Å². The summed E-state index contributed by atoms with van der Waals surface area (Å²) in [7, 11) is 1.68. The Morgan fingerprint density at radius 3 is 2.81 bits per heavy atom. The summed E-state index contributed by atoms with van der Waals surface area (Å²) in [5.74, 6) is 1.05. The summed E-state index contributed by atoms with van der Waals surface area (Å²) in [6.45, 7) is 2.20. The summed E-state index contributed by atoms with van der Waals surface area (Å²) >= 11 is 0. The number of benzene rings is 1. The number of hydrogen-bond donors (Lipinski definition) is 0. The molecule has 1 aromatic carbocycles. The van der Waals surface area contributed by atoms with E-state index in [0.29, 0.717) is 17.0 Å². The molecule has 27 heavy (non-hydrogen) atoms. The van der Waals surface area contributed by atoms with E-state index in [1.54, 1.807) is 17.9 Å². The van der Waals surface area contributed by atoms with E-state index in [4.69, 9.17) is 0 Å². The minimum Gasteiger partial charge on any atom is -0.291 e. The van der Waals surface area contributed by atoms with Gasteiger partial charge in [0.15, 0.2) is 5.82 Å². The monoisotopic (exact) mass is 362 g/mol. The lowest BCUT2D eigenvalue weighted by molar-refractivity contribution is 0.681. The van der Waals surface area contributed by atoms with E-state index in [1.807, 2.05) is 29.5 Å². The van der Waals surface area contributed by atoms with E-state index in [2.05, 4.69) is 15.2 Å². The first kappa shape index (κ1) is 15.9. The zero-order valence-electron chi connectivity index (χ0n) is 15.1. The first-order chi connectivity index (χ1) is 13.0. The Bertz CT molecular complexity index is 1340. The summed E-state index contributed by atoms with van der Waals surface area (Å²) in [5.41, 5.74) is 3.33. The number of hydrogen-bond acceptors (Lipinski definition) is 5. The Labute approximate surface area is 153 Å². The Kier molecular flexibility index (Phi) is 3.30. The zero-order chi connectivity index (χ0) is 18.7. The van der Waals surface area contributed by atoms with Gasteiger partial charge >= 0.3 is 0 Å². The van der Waals surface area contributed by atoms with Crippen molar-refractivity contribution in [3.63, 3.8) is 0 Å². The maximum absolute atomic E-state index is 12.8. The number of rotatable bonds is 2. The highest BCUT2D eigenvalue weighted by atomic mass is 16.1. The average Bonchev–Trinajstić information content (AvgIpc) is 3.30. The van der Waals surface area contributed by atoms with Gasteiger partial charge in [0.2, 0.25) is 5.78 Å². The van der Waals surface area contributed by atoms with Crippen LogP contribution in [-0.4, -0.2) is 28.7 Å². The molecule has 0 atom stereocenters. The second-order valence-electron chi connectivity index (χ2n) is 7.09. The van der Waals surface area contributed by atoms with Gasteiger partial charge in [0.05, 0.1) is 29.5 Å². The summed E-state index contributed by atoms with van der Waals surface area (Å²) in [4.78, 5) is 29.9. The van der Waals surface area contributed by atoms with Gasteiger partial charge in [-0.3, -0.25) is 23.1 Å². The fourth-order valence-electron chi connectivity index (χ4n) is 3.89. The van der Waals surface area contributed by atoms with Crippen LogP contribution in [0.5, 0.6) is 0 Å². The van der Waals surface area contributed by atoms with E-state index in [-0.39, 0.29) is 17.7 Å². The number of aromatic nitrogens is 6. The van der Waals surface area contributed by atoms with Gasteiger partial charge in [0.25, 0.3) is 11.1 Å². The second-order valence-corrected chi connectivity index (χ2v) is 7.09. The molecule has 0 spiro atoms.